The number of hydrogen-bond donors (Lipinski definition) is 1. The number of rotatable bonds is 7. The molecule has 1 aromatic rings. The van der Waals surface area contributed by atoms with Gasteiger partial charge in [0.15, 0.2) is 0 Å². The van der Waals surface area contributed by atoms with Gasteiger partial charge in [-0.25, -0.2) is 0 Å². The number of esters is 1. The van der Waals surface area contributed by atoms with Crippen molar-refractivity contribution in [1.82, 2.24) is 4.90 Å². The Morgan fingerprint density at radius 2 is 2.00 bits per heavy atom. The molecule has 0 radical (unpaired) electrons. The number of ether oxygens (including phenoxy) is 1. The molecule has 128 valence electrons. The summed E-state index contributed by atoms with van der Waals surface area (Å²) < 4.78 is 17.8. The van der Waals surface area contributed by atoms with Crippen LogP contribution in [0.2, 0.25) is 0 Å². The molecule has 4 nitrogen and oxygen atoms in total. The maximum Gasteiger partial charge on any atom is 0.311 e. The van der Waals surface area contributed by atoms with Crippen molar-refractivity contribution in [2.24, 2.45) is 5.92 Å². The third-order valence-corrected chi connectivity index (χ3v) is 4.59. The largest absolute Gasteiger partial charge is 0.466 e. The van der Waals surface area contributed by atoms with Gasteiger partial charge in [0.2, 0.25) is 0 Å². The fourth-order valence-corrected chi connectivity index (χ4v) is 3.25. The predicted octanol–water partition coefficient (Wildman–Crippen LogP) is 2.55. The minimum absolute atomic E-state index is 0.0218. The van der Waals surface area contributed by atoms with E-state index in [2.05, 4.69) is 17.0 Å². The summed E-state index contributed by atoms with van der Waals surface area (Å²) in [5.74, 6) is -1.25. The molecule has 0 bridgehead atoms. The Morgan fingerprint density at radius 3 is 2.57 bits per heavy atom. The zero-order valence-electron chi connectivity index (χ0n) is 13.7. The second kappa shape index (κ2) is 8.41. The van der Waals surface area contributed by atoms with E-state index in [1.165, 1.54) is 5.56 Å². The molecule has 0 aliphatic carbocycles. The van der Waals surface area contributed by atoms with Crippen LogP contribution in [0.15, 0.2) is 30.3 Å². The van der Waals surface area contributed by atoms with Crippen LogP contribution in [0.4, 0.5) is 4.39 Å². The first-order chi connectivity index (χ1) is 11.1. The van der Waals surface area contributed by atoms with Gasteiger partial charge in [0.05, 0.1) is 24.8 Å². The lowest BCUT2D eigenvalue weighted by atomic mass is 9.78. The number of likely N-dealkylation sites (tertiary alicyclic amines) is 1. The smallest absolute Gasteiger partial charge is 0.311 e. The van der Waals surface area contributed by atoms with Crippen molar-refractivity contribution in [1.29, 1.82) is 0 Å². The molecule has 0 aromatic heterocycles. The van der Waals surface area contributed by atoms with Crippen LogP contribution in [0.25, 0.3) is 0 Å². The van der Waals surface area contributed by atoms with E-state index in [9.17, 15) is 14.3 Å². The first-order valence-corrected chi connectivity index (χ1v) is 8.30. The number of benzene rings is 1. The normalized spacial score (nSPS) is 19.3. The third-order valence-electron chi connectivity index (χ3n) is 4.59. The molecule has 23 heavy (non-hydrogen) atoms. The number of carbonyl (C=O) groups excluding carboxylic acids is 1. The molecule has 1 unspecified atom stereocenters. The molecule has 1 atom stereocenters. The first kappa shape index (κ1) is 17.9. The summed E-state index contributed by atoms with van der Waals surface area (Å²) >= 11 is 0. The maximum absolute atomic E-state index is 12.8. The Kier molecular flexibility index (Phi) is 6.54. The fourth-order valence-electron chi connectivity index (χ4n) is 3.25. The van der Waals surface area contributed by atoms with E-state index in [0.717, 1.165) is 6.54 Å². The van der Waals surface area contributed by atoms with E-state index >= 15 is 0 Å². The van der Waals surface area contributed by atoms with Crippen LogP contribution in [-0.4, -0.2) is 47.9 Å². The van der Waals surface area contributed by atoms with Crippen molar-refractivity contribution in [3.8, 4) is 0 Å². The summed E-state index contributed by atoms with van der Waals surface area (Å²) in [4.78, 5) is 14.3. The van der Waals surface area contributed by atoms with Crippen molar-refractivity contribution < 1.29 is 19.0 Å². The Morgan fingerprint density at radius 1 is 1.35 bits per heavy atom. The monoisotopic (exact) mass is 323 g/mol. The van der Waals surface area contributed by atoms with Crippen LogP contribution < -0.4 is 0 Å². The summed E-state index contributed by atoms with van der Waals surface area (Å²) in [7, 11) is 0. The second-order valence-corrected chi connectivity index (χ2v) is 6.15. The Balaban J connectivity index is 1.95. The maximum atomic E-state index is 12.8. The van der Waals surface area contributed by atoms with Crippen LogP contribution in [0.5, 0.6) is 0 Å². The summed E-state index contributed by atoms with van der Waals surface area (Å²) in [5, 5.41) is 10.8. The molecule has 1 N–H and O–H groups in total. The van der Waals surface area contributed by atoms with Gasteiger partial charge in [0.25, 0.3) is 0 Å². The fraction of sp³-hybridized carbons (Fsp3) is 0.611. The predicted molar refractivity (Wildman–Crippen MR) is 86.6 cm³/mol. The van der Waals surface area contributed by atoms with E-state index in [1.807, 2.05) is 18.2 Å². The van der Waals surface area contributed by atoms with Crippen LogP contribution in [0, 0.1) is 5.92 Å². The first-order valence-electron chi connectivity index (χ1n) is 8.30. The van der Waals surface area contributed by atoms with Gasteiger partial charge in [-0.1, -0.05) is 30.3 Å². The van der Waals surface area contributed by atoms with Gasteiger partial charge in [0, 0.05) is 19.6 Å². The lowest BCUT2D eigenvalue weighted by Crippen LogP contribution is -2.51. The van der Waals surface area contributed by atoms with Gasteiger partial charge in [-0.2, -0.15) is 0 Å². The highest BCUT2D eigenvalue weighted by atomic mass is 19.1. The lowest BCUT2D eigenvalue weighted by Gasteiger charge is -2.41. The highest BCUT2D eigenvalue weighted by Crippen LogP contribution is 2.33. The van der Waals surface area contributed by atoms with Crippen LogP contribution in [-0.2, 0) is 16.1 Å². The number of halogens is 1. The summed E-state index contributed by atoms with van der Waals surface area (Å²) in [5.41, 5.74) is 0.0644. The number of piperidine rings is 1. The molecule has 1 aliphatic rings. The molecule has 0 spiro atoms. The summed E-state index contributed by atoms with van der Waals surface area (Å²) in [6, 6.07) is 10.2. The van der Waals surface area contributed by atoms with Crippen LogP contribution >= 0.6 is 0 Å². The molecule has 5 heteroatoms. The molecule has 1 aromatic carbocycles. The topological polar surface area (TPSA) is 49.8 Å². The number of alkyl halides is 1. The Hall–Kier alpha value is -1.46. The average molecular weight is 323 g/mol. The summed E-state index contributed by atoms with van der Waals surface area (Å²) in [6.45, 7) is 3.54. The molecule has 0 saturated carbocycles. The third kappa shape index (κ3) is 4.75. The van der Waals surface area contributed by atoms with Gasteiger partial charge in [-0.15, -0.1) is 0 Å². The highest BCUT2D eigenvalue weighted by molar-refractivity contribution is 5.74. The average Bonchev–Trinajstić information content (AvgIpc) is 2.56. The zero-order valence-corrected chi connectivity index (χ0v) is 13.7. The highest BCUT2D eigenvalue weighted by Gasteiger charge is 2.44. The molecule has 1 saturated heterocycles. The quantitative estimate of drug-likeness (QED) is 0.784. The van der Waals surface area contributed by atoms with Gasteiger partial charge in [0.1, 0.15) is 0 Å². The molecular formula is C18H26FNO3. The van der Waals surface area contributed by atoms with Crippen LogP contribution in [0.1, 0.15) is 31.7 Å². The number of carbonyl (C=O) groups is 1. The SMILES string of the molecule is CCOC(=O)C(CCF)C1(O)CCN(Cc2ccccc2)CC1. The van der Waals surface area contributed by atoms with Crippen molar-refractivity contribution in [3.63, 3.8) is 0 Å². The molecule has 0 amide bonds. The van der Waals surface area contributed by atoms with Crippen molar-refractivity contribution in [2.75, 3.05) is 26.4 Å². The molecule has 2 rings (SSSR count). The number of nitrogens with zero attached hydrogens (tertiary/aromatic N) is 1. The minimum Gasteiger partial charge on any atom is -0.466 e. The van der Waals surface area contributed by atoms with E-state index in [4.69, 9.17) is 4.74 Å². The van der Waals surface area contributed by atoms with E-state index in [1.54, 1.807) is 6.92 Å². The second-order valence-electron chi connectivity index (χ2n) is 6.15. The van der Waals surface area contributed by atoms with Gasteiger partial charge in [-0.3, -0.25) is 14.1 Å². The standard InChI is InChI=1S/C18H26FNO3/c1-2-23-17(21)16(8-11-19)18(22)9-12-20(13-10-18)14-15-6-4-3-5-7-15/h3-7,16,22H,2,8-14H2,1H3. The zero-order chi connectivity index (χ0) is 16.7. The van der Waals surface area contributed by atoms with E-state index in [0.29, 0.717) is 25.9 Å². The molecule has 1 heterocycles. The van der Waals surface area contributed by atoms with Crippen molar-refractivity contribution >= 4 is 5.97 Å². The number of aliphatic hydroxyl groups is 1. The number of hydrogen-bond acceptors (Lipinski definition) is 4. The molecule has 1 aliphatic heterocycles. The minimum atomic E-state index is -1.16. The van der Waals surface area contributed by atoms with E-state index < -0.39 is 24.2 Å². The van der Waals surface area contributed by atoms with Gasteiger partial charge >= 0.3 is 5.97 Å². The lowest BCUT2D eigenvalue weighted by molar-refractivity contribution is -0.163. The van der Waals surface area contributed by atoms with Gasteiger partial charge in [-0.05, 0) is 31.7 Å². The van der Waals surface area contributed by atoms with Gasteiger partial charge < -0.3 is 9.84 Å². The molecular weight excluding hydrogens is 297 g/mol. The summed E-state index contributed by atoms with van der Waals surface area (Å²) in [6.07, 6.45) is 0.945. The van der Waals surface area contributed by atoms with Crippen molar-refractivity contribution in [2.45, 2.75) is 38.3 Å². The molecule has 1 fully saturated rings. The van der Waals surface area contributed by atoms with Crippen molar-refractivity contribution in [3.05, 3.63) is 35.9 Å². The Bertz CT molecular complexity index is 486. The van der Waals surface area contributed by atoms with E-state index in [-0.39, 0.29) is 13.0 Å². The van der Waals surface area contributed by atoms with Crippen LogP contribution in [0.3, 0.4) is 0 Å². The Labute approximate surface area is 137 Å².